The molecule has 2 aromatic rings. The van der Waals surface area contributed by atoms with Gasteiger partial charge in [0.25, 0.3) is 5.91 Å². The topological polar surface area (TPSA) is 52.7 Å². The van der Waals surface area contributed by atoms with Crippen molar-refractivity contribution in [2.75, 3.05) is 32.7 Å². The Balaban J connectivity index is 1.35. The predicted molar refractivity (Wildman–Crippen MR) is 123 cm³/mol. The molecule has 2 fully saturated rings. The van der Waals surface area contributed by atoms with Crippen LogP contribution in [-0.2, 0) is 11.2 Å². The maximum absolute atomic E-state index is 13.5. The molecule has 1 saturated heterocycles. The lowest BCUT2D eigenvalue weighted by atomic mass is 9.94. The summed E-state index contributed by atoms with van der Waals surface area (Å²) >= 11 is 0. The van der Waals surface area contributed by atoms with Gasteiger partial charge in [0.2, 0.25) is 5.91 Å². The van der Waals surface area contributed by atoms with E-state index in [1.165, 1.54) is 30.5 Å². The van der Waals surface area contributed by atoms with Crippen molar-refractivity contribution in [2.24, 2.45) is 5.92 Å². The normalized spacial score (nSPS) is 18.5. The summed E-state index contributed by atoms with van der Waals surface area (Å²) in [7, 11) is 0. The molecular formula is C26H32FN3O2. The molecule has 0 aromatic heterocycles. The number of carbonyl (C=O) groups excluding carboxylic acids is 2. The molecule has 1 aliphatic carbocycles. The zero-order valence-corrected chi connectivity index (χ0v) is 18.5. The fourth-order valence-corrected chi connectivity index (χ4v) is 5.04. The summed E-state index contributed by atoms with van der Waals surface area (Å²) in [5.74, 6) is -0.0632. The van der Waals surface area contributed by atoms with Crippen LogP contribution in [0.25, 0.3) is 0 Å². The van der Waals surface area contributed by atoms with Gasteiger partial charge in [0.05, 0.1) is 6.04 Å². The maximum atomic E-state index is 13.5. The number of piperazine rings is 1. The molecule has 0 bridgehead atoms. The van der Waals surface area contributed by atoms with E-state index >= 15 is 0 Å². The molecule has 0 radical (unpaired) electrons. The van der Waals surface area contributed by atoms with Crippen LogP contribution in [0, 0.1) is 11.7 Å². The van der Waals surface area contributed by atoms with Crippen LogP contribution in [0.15, 0.2) is 54.6 Å². The second-order valence-corrected chi connectivity index (χ2v) is 8.85. The minimum absolute atomic E-state index is 0.109. The molecule has 6 heteroatoms. The number of halogens is 1. The Kier molecular flexibility index (Phi) is 7.53. The molecule has 1 aliphatic heterocycles. The average Bonchev–Trinajstić information content (AvgIpc) is 3.34. The minimum atomic E-state index is -0.400. The van der Waals surface area contributed by atoms with Crippen LogP contribution in [0.2, 0.25) is 0 Å². The highest BCUT2D eigenvalue weighted by Gasteiger charge is 2.37. The van der Waals surface area contributed by atoms with Crippen LogP contribution < -0.4 is 5.32 Å². The molecule has 4 rings (SSSR count). The van der Waals surface area contributed by atoms with E-state index < -0.39 is 5.82 Å². The molecule has 1 N–H and O–H groups in total. The Labute approximate surface area is 189 Å². The van der Waals surface area contributed by atoms with Gasteiger partial charge in [0.15, 0.2) is 0 Å². The van der Waals surface area contributed by atoms with E-state index in [4.69, 9.17) is 0 Å². The summed E-state index contributed by atoms with van der Waals surface area (Å²) in [6, 6.07) is 15.9. The fourth-order valence-electron chi connectivity index (χ4n) is 5.04. The molecule has 1 atom stereocenters. The van der Waals surface area contributed by atoms with Crippen molar-refractivity contribution < 1.29 is 14.0 Å². The first kappa shape index (κ1) is 22.5. The highest BCUT2D eigenvalue weighted by Crippen LogP contribution is 2.31. The van der Waals surface area contributed by atoms with Crippen LogP contribution in [0.5, 0.6) is 0 Å². The first-order valence-corrected chi connectivity index (χ1v) is 11.7. The summed E-state index contributed by atoms with van der Waals surface area (Å²) in [4.78, 5) is 30.0. The molecule has 170 valence electrons. The van der Waals surface area contributed by atoms with Gasteiger partial charge >= 0.3 is 0 Å². The second kappa shape index (κ2) is 10.7. The smallest absolute Gasteiger partial charge is 0.254 e. The van der Waals surface area contributed by atoms with Gasteiger partial charge in [-0.1, -0.05) is 49.2 Å². The van der Waals surface area contributed by atoms with Gasteiger partial charge in [-0.05, 0) is 48.9 Å². The summed E-state index contributed by atoms with van der Waals surface area (Å²) in [6.45, 7) is 3.05. The number of rotatable bonds is 7. The molecule has 0 spiro atoms. The highest BCUT2D eigenvalue weighted by atomic mass is 19.1. The lowest BCUT2D eigenvalue weighted by Crippen LogP contribution is -2.58. The number of hydrogen-bond donors (Lipinski definition) is 1. The number of benzene rings is 2. The van der Waals surface area contributed by atoms with Crippen molar-refractivity contribution in [1.82, 2.24) is 15.1 Å². The molecule has 2 amide bonds. The lowest BCUT2D eigenvalue weighted by Gasteiger charge is -2.40. The first-order valence-electron chi connectivity index (χ1n) is 11.7. The van der Waals surface area contributed by atoms with E-state index in [0.717, 1.165) is 19.3 Å². The Morgan fingerprint density at radius 3 is 2.38 bits per heavy atom. The predicted octanol–water partition coefficient (Wildman–Crippen LogP) is 3.50. The maximum Gasteiger partial charge on any atom is 0.254 e. The molecule has 5 nitrogen and oxygen atoms in total. The molecule has 2 aliphatic rings. The number of nitrogens with zero attached hydrogens (tertiary/aromatic N) is 2. The van der Waals surface area contributed by atoms with Gasteiger partial charge in [0.1, 0.15) is 5.82 Å². The van der Waals surface area contributed by atoms with Gasteiger partial charge in [-0.15, -0.1) is 0 Å². The molecule has 1 heterocycles. The third-order valence-electron chi connectivity index (χ3n) is 6.74. The van der Waals surface area contributed by atoms with Crippen LogP contribution in [0.3, 0.4) is 0 Å². The first-order chi connectivity index (χ1) is 15.6. The van der Waals surface area contributed by atoms with Crippen LogP contribution >= 0.6 is 0 Å². The Morgan fingerprint density at radius 1 is 0.969 bits per heavy atom. The largest absolute Gasteiger partial charge is 0.354 e. The molecule has 0 unspecified atom stereocenters. The van der Waals surface area contributed by atoms with Crippen LogP contribution in [0.1, 0.15) is 41.6 Å². The van der Waals surface area contributed by atoms with E-state index in [1.54, 1.807) is 17.0 Å². The fraction of sp³-hybridized carbons (Fsp3) is 0.462. The van der Waals surface area contributed by atoms with Gasteiger partial charge in [-0.3, -0.25) is 14.5 Å². The molecule has 1 saturated carbocycles. The van der Waals surface area contributed by atoms with Gasteiger partial charge in [-0.2, -0.15) is 0 Å². The minimum Gasteiger partial charge on any atom is -0.354 e. The highest BCUT2D eigenvalue weighted by molar-refractivity contribution is 5.94. The monoisotopic (exact) mass is 437 g/mol. The summed E-state index contributed by atoms with van der Waals surface area (Å²) in [5.41, 5.74) is 1.60. The number of carbonyl (C=O) groups is 2. The third kappa shape index (κ3) is 5.54. The zero-order chi connectivity index (χ0) is 22.3. The van der Waals surface area contributed by atoms with E-state index in [2.05, 4.69) is 22.3 Å². The van der Waals surface area contributed by atoms with E-state index in [0.29, 0.717) is 44.2 Å². The number of amides is 2. The quantitative estimate of drug-likeness (QED) is 0.721. The Hall–Kier alpha value is -2.73. The van der Waals surface area contributed by atoms with E-state index in [9.17, 15) is 14.0 Å². The zero-order valence-electron chi connectivity index (χ0n) is 18.5. The van der Waals surface area contributed by atoms with Crippen molar-refractivity contribution >= 4 is 11.8 Å². The average molecular weight is 438 g/mol. The SMILES string of the molecule is O=C(NCCc1ccccc1)[C@@H](C1CCCC1)N1CCN(C(=O)c2cccc(F)c2)CC1. The van der Waals surface area contributed by atoms with Crippen molar-refractivity contribution in [3.05, 3.63) is 71.5 Å². The summed E-state index contributed by atoms with van der Waals surface area (Å²) in [6.07, 6.45) is 5.34. The van der Waals surface area contributed by atoms with E-state index in [-0.39, 0.29) is 17.9 Å². The lowest BCUT2D eigenvalue weighted by molar-refractivity contribution is -0.129. The number of nitrogens with one attached hydrogen (secondary N) is 1. The molecule has 32 heavy (non-hydrogen) atoms. The van der Waals surface area contributed by atoms with Gasteiger partial charge < -0.3 is 10.2 Å². The summed E-state index contributed by atoms with van der Waals surface area (Å²) < 4.78 is 13.5. The van der Waals surface area contributed by atoms with Gasteiger partial charge in [-0.25, -0.2) is 4.39 Å². The summed E-state index contributed by atoms with van der Waals surface area (Å²) in [5, 5.41) is 3.17. The molecular weight excluding hydrogens is 405 g/mol. The van der Waals surface area contributed by atoms with Crippen molar-refractivity contribution in [1.29, 1.82) is 0 Å². The van der Waals surface area contributed by atoms with Crippen molar-refractivity contribution in [3.63, 3.8) is 0 Å². The Morgan fingerprint density at radius 2 is 1.69 bits per heavy atom. The third-order valence-corrected chi connectivity index (χ3v) is 6.74. The second-order valence-electron chi connectivity index (χ2n) is 8.85. The molecule has 2 aromatic carbocycles. The van der Waals surface area contributed by atoms with Crippen molar-refractivity contribution in [2.45, 2.75) is 38.1 Å². The van der Waals surface area contributed by atoms with Crippen molar-refractivity contribution in [3.8, 4) is 0 Å². The van der Waals surface area contributed by atoms with Crippen LogP contribution in [0.4, 0.5) is 4.39 Å². The number of hydrogen-bond acceptors (Lipinski definition) is 3. The van der Waals surface area contributed by atoms with Crippen LogP contribution in [-0.4, -0.2) is 60.4 Å². The standard InChI is InChI=1S/C26H32FN3O2/c27-23-12-6-11-22(19-23)26(32)30-17-15-29(16-18-30)24(21-9-4-5-10-21)25(31)28-14-13-20-7-2-1-3-8-20/h1-3,6-8,11-12,19,21,24H,4-5,9-10,13-18H2,(H,28,31)/t24-/m1/s1. The van der Waals surface area contributed by atoms with Gasteiger partial charge in [0, 0.05) is 38.3 Å². The Bertz CT molecular complexity index is 906. The van der Waals surface area contributed by atoms with E-state index in [1.807, 2.05) is 18.2 Å².